The second kappa shape index (κ2) is 34.0. The fraction of sp³-hybridized carbons (Fsp3) is 0.536. The Bertz CT molecular complexity index is 1740. The summed E-state index contributed by atoms with van der Waals surface area (Å²) in [6.07, 6.45) is 34.5. The number of ether oxygens (including phenoxy) is 2. The maximum atomic E-state index is 12.5. The van der Waals surface area contributed by atoms with Crippen LogP contribution in [0.25, 0.3) is 0 Å². The zero-order valence-corrected chi connectivity index (χ0v) is 38.6. The molecule has 0 aromatic heterocycles. The molecule has 4 aromatic rings. The minimum atomic E-state index is -0.181. The first-order chi connectivity index (χ1) is 30.4. The summed E-state index contributed by atoms with van der Waals surface area (Å²) in [5.41, 5.74) is 1.75. The van der Waals surface area contributed by atoms with Gasteiger partial charge >= 0.3 is 0 Å². The molecule has 6 nitrogen and oxygen atoms in total. The van der Waals surface area contributed by atoms with E-state index in [-0.39, 0.29) is 23.1 Å². The molecule has 0 unspecified atom stereocenters. The second-order valence-electron chi connectivity index (χ2n) is 16.9. The van der Waals surface area contributed by atoms with Gasteiger partial charge in [-0.25, -0.2) is 0 Å². The summed E-state index contributed by atoms with van der Waals surface area (Å²) in [5, 5.41) is 20.5. The molecule has 0 bridgehead atoms. The lowest BCUT2D eigenvalue weighted by Gasteiger charge is -2.09. The number of hydrogen-bond acceptors (Lipinski definition) is 6. The SMILES string of the molecule is CCCCCCCCCCCCCCCCCCOc1ccc(C(=O)c2ccccc2)c(O)c1.CCCCCCCCCCCCOc1ccc(C(=O)c2ccccc2)c(O)c1. The molecule has 0 atom stereocenters. The first kappa shape index (κ1) is 51.8. The van der Waals surface area contributed by atoms with Crippen molar-refractivity contribution in [3.63, 3.8) is 0 Å². The average molecular weight is 849 g/mol. The molecule has 340 valence electrons. The Kier molecular flexibility index (Phi) is 28.4. The van der Waals surface area contributed by atoms with Crippen LogP contribution in [0.2, 0.25) is 0 Å². The first-order valence-electron chi connectivity index (χ1n) is 24.6. The summed E-state index contributed by atoms with van der Waals surface area (Å²) in [5.74, 6) is 0.802. The normalized spacial score (nSPS) is 10.9. The van der Waals surface area contributed by atoms with Gasteiger partial charge < -0.3 is 19.7 Å². The highest BCUT2D eigenvalue weighted by molar-refractivity contribution is 6.11. The van der Waals surface area contributed by atoms with E-state index >= 15 is 0 Å². The number of carbonyl (C=O) groups is 2. The summed E-state index contributed by atoms with van der Waals surface area (Å²) in [4.78, 5) is 24.9. The summed E-state index contributed by atoms with van der Waals surface area (Å²) in [6.45, 7) is 5.81. The molecule has 0 heterocycles. The van der Waals surface area contributed by atoms with Crippen LogP contribution in [0.5, 0.6) is 23.0 Å². The van der Waals surface area contributed by atoms with E-state index in [1.807, 2.05) is 36.4 Å². The van der Waals surface area contributed by atoms with Gasteiger partial charge in [-0.1, -0.05) is 229 Å². The zero-order chi connectivity index (χ0) is 44.3. The largest absolute Gasteiger partial charge is 0.507 e. The van der Waals surface area contributed by atoms with Crippen LogP contribution in [-0.4, -0.2) is 35.0 Å². The molecule has 6 heteroatoms. The number of ketones is 2. The van der Waals surface area contributed by atoms with Crippen molar-refractivity contribution < 1.29 is 29.3 Å². The number of phenols is 2. The van der Waals surface area contributed by atoms with E-state index in [0.29, 0.717) is 47.0 Å². The summed E-state index contributed by atoms with van der Waals surface area (Å²) < 4.78 is 11.5. The maximum Gasteiger partial charge on any atom is 0.196 e. The topological polar surface area (TPSA) is 93.1 Å². The Morgan fingerprint density at radius 1 is 0.371 bits per heavy atom. The minimum Gasteiger partial charge on any atom is -0.507 e. The van der Waals surface area contributed by atoms with Gasteiger partial charge in [-0.2, -0.15) is 0 Å². The molecule has 0 saturated carbocycles. The average Bonchev–Trinajstić information content (AvgIpc) is 3.29. The van der Waals surface area contributed by atoms with Gasteiger partial charge in [0.2, 0.25) is 0 Å². The van der Waals surface area contributed by atoms with Crippen molar-refractivity contribution in [2.45, 2.75) is 181 Å². The highest BCUT2D eigenvalue weighted by atomic mass is 16.5. The Morgan fingerprint density at radius 2 is 0.645 bits per heavy atom. The Hall–Kier alpha value is -4.58. The number of rotatable bonds is 34. The molecule has 0 saturated heterocycles. The van der Waals surface area contributed by atoms with Crippen molar-refractivity contribution in [1.29, 1.82) is 0 Å². The molecule has 0 fully saturated rings. The van der Waals surface area contributed by atoms with Gasteiger partial charge in [0.25, 0.3) is 0 Å². The standard InChI is InChI=1S/C31H46O3.C25H34O3/c1-2-3-4-5-6-7-8-9-10-11-12-13-14-15-16-20-25-34-28-23-24-29(30(32)26-28)31(33)27-21-18-17-19-22-27;1-2-3-4-5-6-7-8-9-10-14-19-28-22-17-18-23(24(26)20-22)25(27)21-15-12-11-13-16-21/h17-19,21-24,26,32H,2-16,20,25H2,1H3;11-13,15-18,20,26H,2-10,14,19H2,1H3. The van der Waals surface area contributed by atoms with Crippen LogP contribution in [0.3, 0.4) is 0 Å². The van der Waals surface area contributed by atoms with Crippen LogP contribution in [0, 0.1) is 0 Å². The summed E-state index contributed by atoms with van der Waals surface area (Å²) in [7, 11) is 0. The van der Waals surface area contributed by atoms with E-state index in [0.717, 1.165) is 12.8 Å². The predicted octanol–water partition coefficient (Wildman–Crippen LogP) is 16.2. The summed E-state index contributed by atoms with van der Waals surface area (Å²) >= 11 is 0. The summed E-state index contributed by atoms with van der Waals surface area (Å²) in [6, 6.07) is 27.9. The molecule has 0 aliphatic carbocycles. The van der Waals surface area contributed by atoms with E-state index in [9.17, 15) is 19.8 Å². The second-order valence-corrected chi connectivity index (χ2v) is 16.9. The van der Waals surface area contributed by atoms with Gasteiger partial charge in [-0.3, -0.25) is 9.59 Å². The predicted molar refractivity (Wildman–Crippen MR) is 258 cm³/mol. The maximum absolute atomic E-state index is 12.5. The number of unbranched alkanes of at least 4 members (excludes halogenated alkanes) is 24. The van der Waals surface area contributed by atoms with E-state index in [1.54, 1.807) is 54.6 Å². The molecule has 0 spiro atoms. The lowest BCUT2D eigenvalue weighted by atomic mass is 10.0. The van der Waals surface area contributed by atoms with E-state index in [2.05, 4.69) is 13.8 Å². The lowest BCUT2D eigenvalue weighted by molar-refractivity contribution is 0.102. The monoisotopic (exact) mass is 849 g/mol. The Labute approximate surface area is 375 Å². The molecular weight excluding hydrogens is 769 g/mol. The molecule has 0 aliphatic rings. The van der Waals surface area contributed by atoms with Crippen molar-refractivity contribution in [3.05, 3.63) is 119 Å². The van der Waals surface area contributed by atoms with Crippen molar-refractivity contribution in [2.24, 2.45) is 0 Å². The Balaban J connectivity index is 0.000000336. The van der Waals surface area contributed by atoms with Crippen LogP contribution < -0.4 is 9.47 Å². The molecule has 0 aliphatic heterocycles. The molecule has 62 heavy (non-hydrogen) atoms. The number of carbonyl (C=O) groups excluding carboxylic acids is 2. The van der Waals surface area contributed by atoms with Gasteiger partial charge in [-0.05, 0) is 37.1 Å². The number of benzene rings is 4. The molecule has 4 aromatic carbocycles. The minimum absolute atomic E-state index is 0.0293. The van der Waals surface area contributed by atoms with Gasteiger partial charge in [0.05, 0.1) is 24.3 Å². The number of phenolic OH excluding ortho intramolecular Hbond substituents is 2. The van der Waals surface area contributed by atoms with Crippen molar-refractivity contribution in [3.8, 4) is 23.0 Å². The smallest absolute Gasteiger partial charge is 0.196 e. The molecule has 2 N–H and O–H groups in total. The fourth-order valence-electron chi connectivity index (χ4n) is 7.70. The third kappa shape index (κ3) is 22.5. The lowest BCUT2D eigenvalue weighted by Crippen LogP contribution is -2.02. The van der Waals surface area contributed by atoms with Crippen LogP contribution in [0.15, 0.2) is 97.1 Å². The van der Waals surface area contributed by atoms with E-state index in [1.165, 1.54) is 160 Å². The number of aromatic hydroxyl groups is 2. The van der Waals surface area contributed by atoms with Crippen LogP contribution in [0.4, 0.5) is 0 Å². The molecule has 4 rings (SSSR count). The van der Waals surface area contributed by atoms with E-state index in [4.69, 9.17) is 9.47 Å². The third-order valence-electron chi connectivity index (χ3n) is 11.5. The molecular formula is C56H80O6. The highest BCUT2D eigenvalue weighted by Gasteiger charge is 2.15. The van der Waals surface area contributed by atoms with Gasteiger partial charge in [0, 0.05) is 23.3 Å². The van der Waals surface area contributed by atoms with Crippen LogP contribution in [0.1, 0.15) is 213 Å². The van der Waals surface area contributed by atoms with Crippen molar-refractivity contribution >= 4 is 11.6 Å². The fourth-order valence-corrected chi connectivity index (χ4v) is 7.70. The highest BCUT2D eigenvalue weighted by Crippen LogP contribution is 2.28. The van der Waals surface area contributed by atoms with Crippen LogP contribution in [-0.2, 0) is 0 Å². The van der Waals surface area contributed by atoms with Crippen LogP contribution >= 0.6 is 0 Å². The zero-order valence-electron chi connectivity index (χ0n) is 38.6. The van der Waals surface area contributed by atoms with Crippen molar-refractivity contribution in [1.82, 2.24) is 0 Å². The Morgan fingerprint density at radius 3 is 0.919 bits per heavy atom. The quantitative estimate of drug-likeness (QED) is 0.0359. The van der Waals surface area contributed by atoms with Gasteiger partial charge in [0.15, 0.2) is 11.6 Å². The first-order valence-corrected chi connectivity index (χ1v) is 24.6. The van der Waals surface area contributed by atoms with Gasteiger partial charge in [0.1, 0.15) is 23.0 Å². The van der Waals surface area contributed by atoms with Gasteiger partial charge in [-0.15, -0.1) is 0 Å². The molecule has 0 amide bonds. The van der Waals surface area contributed by atoms with E-state index < -0.39 is 0 Å². The molecule has 0 radical (unpaired) electrons. The van der Waals surface area contributed by atoms with Crippen molar-refractivity contribution in [2.75, 3.05) is 13.2 Å². The third-order valence-corrected chi connectivity index (χ3v) is 11.5. The number of hydrogen-bond donors (Lipinski definition) is 2.